The van der Waals surface area contributed by atoms with Crippen LogP contribution in [0.25, 0.3) is 11.4 Å². The summed E-state index contributed by atoms with van der Waals surface area (Å²) in [4.78, 5) is 24.9. The van der Waals surface area contributed by atoms with Crippen molar-refractivity contribution in [2.75, 3.05) is 5.32 Å². The molecule has 0 spiro atoms. The number of aryl methyl sites for hydroxylation is 3. The SMILES string of the molecule is CCc1nc(-c2ccc3c(c2)CCC3NC(=O)Nc2ccnc(C)n2)no1. The predicted molar refractivity (Wildman–Crippen MR) is 99.1 cm³/mol. The number of amides is 2. The summed E-state index contributed by atoms with van der Waals surface area (Å²) in [6, 6.07) is 7.42. The highest BCUT2D eigenvalue weighted by molar-refractivity contribution is 5.88. The number of carbonyl (C=O) groups is 1. The van der Waals surface area contributed by atoms with E-state index in [4.69, 9.17) is 4.52 Å². The van der Waals surface area contributed by atoms with Gasteiger partial charge in [-0.05, 0) is 43.0 Å². The summed E-state index contributed by atoms with van der Waals surface area (Å²) >= 11 is 0. The maximum Gasteiger partial charge on any atom is 0.320 e. The van der Waals surface area contributed by atoms with Crippen LogP contribution in [0.15, 0.2) is 35.0 Å². The molecule has 2 amide bonds. The summed E-state index contributed by atoms with van der Waals surface area (Å²) in [6.45, 7) is 3.76. The Balaban J connectivity index is 1.46. The molecule has 0 aliphatic heterocycles. The van der Waals surface area contributed by atoms with Crippen LogP contribution in [0.5, 0.6) is 0 Å². The summed E-state index contributed by atoms with van der Waals surface area (Å²) in [5.41, 5.74) is 3.24. The number of benzene rings is 1. The van der Waals surface area contributed by atoms with E-state index < -0.39 is 0 Å². The second kappa shape index (κ2) is 7.14. The zero-order valence-electron chi connectivity index (χ0n) is 15.2. The number of rotatable bonds is 4. The van der Waals surface area contributed by atoms with E-state index in [1.54, 1.807) is 19.2 Å². The lowest BCUT2D eigenvalue weighted by Gasteiger charge is -2.15. The van der Waals surface area contributed by atoms with E-state index in [0.29, 0.717) is 29.8 Å². The van der Waals surface area contributed by atoms with Gasteiger partial charge in [-0.25, -0.2) is 14.8 Å². The van der Waals surface area contributed by atoms with Gasteiger partial charge in [-0.1, -0.05) is 24.2 Å². The fraction of sp³-hybridized carbons (Fsp3) is 0.316. The van der Waals surface area contributed by atoms with Crippen LogP contribution in [0.1, 0.15) is 42.2 Å². The second-order valence-electron chi connectivity index (χ2n) is 6.46. The molecule has 3 aromatic rings. The minimum Gasteiger partial charge on any atom is -0.339 e. The van der Waals surface area contributed by atoms with E-state index >= 15 is 0 Å². The minimum absolute atomic E-state index is 0.0338. The van der Waals surface area contributed by atoms with E-state index in [-0.39, 0.29) is 12.1 Å². The van der Waals surface area contributed by atoms with Crippen molar-refractivity contribution in [2.24, 2.45) is 0 Å². The lowest BCUT2D eigenvalue weighted by molar-refractivity contribution is 0.248. The maximum atomic E-state index is 12.3. The molecule has 8 heteroatoms. The van der Waals surface area contributed by atoms with E-state index in [2.05, 4.69) is 36.8 Å². The number of hydrogen-bond donors (Lipinski definition) is 2. The van der Waals surface area contributed by atoms with Crippen LogP contribution < -0.4 is 10.6 Å². The molecule has 1 aliphatic rings. The number of carbonyl (C=O) groups excluding carboxylic acids is 1. The van der Waals surface area contributed by atoms with Gasteiger partial charge in [0.15, 0.2) is 0 Å². The summed E-state index contributed by atoms with van der Waals surface area (Å²) in [7, 11) is 0. The fourth-order valence-corrected chi connectivity index (χ4v) is 3.26. The van der Waals surface area contributed by atoms with Crippen molar-refractivity contribution < 1.29 is 9.32 Å². The zero-order chi connectivity index (χ0) is 18.8. The van der Waals surface area contributed by atoms with Crippen molar-refractivity contribution in [2.45, 2.75) is 39.2 Å². The Hall–Kier alpha value is -3.29. The summed E-state index contributed by atoms with van der Waals surface area (Å²) in [5, 5.41) is 9.79. The van der Waals surface area contributed by atoms with Crippen LogP contribution >= 0.6 is 0 Å². The monoisotopic (exact) mass is 364 g/mol. The lowest BCUT2D eigenvalue weighted by atomic mass is 10.0. The molecular formula is C19H20N6O2. The van der Waals surface area contributed by atoms with Gasteiger partial charge in [0.25, 0.3) is 0 Å². The molecule has 8 nitrogen and oxygen atoms in total. The van der Waals surface area contributed by atoms with Crippen molar-refractivity contribution in [3.8, 4) is 11.4 Å². The highest BCUT2D eigenvalue weighted by atomic mass is 16.5. The average molecular weight is 364 g/mol. The summed E-state index contributed by atoms with van der Waals surface area (Å²) < 4.78 is 5.19. The molecule has 0 fully saturated rings. The number of aromatic nitrogens is 4. The Morgan fingerprint density at radius 3 is 2.96 bits per heavy atom. The number of fused-ring (bicyclic) bond motifs is 1. The molecular weight excluding hydrogens is 344 g/mol. The van der Waals surface area contributed by atoms with Crippen molar-refractivity contribution in [3.05, 3.63) is 53.3 Å². The van der Waals surface area contributed by atoms with Crippen molar-refractivity contribution in [1.29, 1.82) is 0 Å². The predicted octanol–water partition coefficient (Wildman–Crippen LogP) is 3.21. The maximum absolute atomic E-state index is 12.3. The van der Waals surface area contributed by atoms with Crippen molar-refractivity contribution in [1.82, 2.24) is 25.4 Å². The van der Waals surface area contributed by atoms with Crippen molar-refractivity contribution >= 4 is 11.8 Å². The highest BCUT2D eigenvalue weighted by Gasteiger charge is 2.25. The quantitative estimate of drug-likeness (QED) is 0.736. The third-order valence-corrected chi connectivity index (χ3v) is 4.57. The van der Waals surface area contributed by atoms with Gasteiger partial charge in [-0.3, -0.25) is 5.32 Å². The first-order valence-electron chi connectivity index (χ1n) is 8.95. The molecule has 0 saturated carbocycles. The molecule has 0 saturated heterocycles. The van der Waals surface area contributed by atoms with Gasteiger partial charge in [0.2, 0.25) is 11.7 Å². The Bertz CT molecular complexity index is 984. The normalized spacial score (nSPS) is 15.4. The number of nitrogens with one attached hydrogen (secondary N) is 2. The Kier molecular flexibility index (Phi) is 4.53. The van der Waals surface area contributed by atoms with Crippen LogP contribution in [0, 0.1) is 6.92 Å². The second-order valence-corrected chi connectivity index (χ2v) is 6.46. The lowest BCUT2D eigenvalue weighted by Crippen LogP contribution is -2.31. The number of hydrogen-bond acceptors (Lipinski definition) is 6. The molecule has 1 aliphatic carbocycles. The van der Waals surface area contributed by atoms with Gasteiger partial charge in [0, 0.05) is 18.2 Å². The first-order chi connectivity index (χ1) is 13.1. The molecule has 2 aromatic heterocycles. The smallest absolute Gasteiger partial charge is 0.320 e. The first kappa shape index (κ1) is 17.1. The van der Waals surface area contributed by atoms with E-state index in [1.165, 1.54) is 5.56 Å². The van der Waals surface area contributed by atoms with Gasteiger partial charge in [0.1, 0.15) is 11.6 Å². The molecule has 0 radical (unpaired) electrons. The molecule has 4 rings (SSSR count). The standard InChI is InChI=1S/C19H20N6O2/c1-3-17-24-18(25-27-17)13-4-6-14-12(10-13)5-7-15(14)22-19(26)23-16-8-9-20-11(2)21-16/h4,6,8-10,15H,3,5,7H2,1-2H3,(H2,20,21,22,23,26). The molecule has 2 heterocycles. The van der Waals surface area contributed by atoms with Gasteiger partial charge < -0.3 is 9.84 Å². The molecule has 2 N–H and O–H groups in total. The fourth-order valence-electron chi connectivity index (χ4n) is 3.26. The van der Waals surface area contributed by atoms with Gasteiger partial charge in [-0.15, -0.1) is 0 Å². The van der Waals surface area contributed by atoms with Gasteiger partial charge in [-0.2, -0.15) is 4.98 Å². The minimum atomic E-state index is -0.277. The zero-order valence-corrected chi connectivity index (χ0v) is 15.2. The average Bonchev–Trinajstić information content (AvgIpc) is 3.28. The van der Waals surface area contributed by atoms with Crippen LogP contribution in [0.4, 0.5) is 10.6 Å². The third-order valence-electron chi connectivity index (χ3n) is 4.57. The van der Waals surface area contributed by atoms with Crippen LogP contribution in [-0.4, -0.2) is 26.1 Å². The van der Waals surface area contributed by atoms with Crippen LogP contribution in [-0.2, 0) is 12.8 Å². The van der Waals surface area contributed by atoms with E-state index in [1.807, 2.05) is 19.1 Å². The molecule has 27 heavy (non-hydrogen) atoms. The van der Waals surface area contributed by atoms with Crippen molar-refractivity contribution in [3.63, 3.8) is 0 Å². The largest absolute Gasteiger partial charge is 0.339 e. The number of urea groups is 1. The summed E-state index contributed by atoms with van der Waals surface area (Å²) in [6.07, 6.45) is 4.07. The van der Waals surface area contributed by atoms with Crippen LogP contribution in [0.3, 0.4) is 0 Å². The van der Waals surface area contributed by atoms with Crippen LogP contribution in [0.2, 0.25) is 0 Å². The van der Waals surface area contributed by atoms with E-state index in [0.717, 1.165) is 24.0 Å². The highest BCUT2D eigenvalue weighted by Crippen LogP contribution is 2.33. The Morgan fingerprint density at radius 2 is 2.19 bits per heavy atom. The first-order valence-corrected chi connectivity index (χ1v) is 8.95. The molecule has 1 unspecified atom stereocenters. The van der Waals surface area contributed by atoms with Gasteiger partial charge in [0.05, 0.1) is 6.04 Å². The number of nitrogens with zero attached hydrogens (tertiary/aromatic N) is 4. The molecule has 0 bridgehead atoms. The molecule has 1 atom stereocenters. The molecule has 138 valence electrons. The summed E-state index contributed by atoms with van der Waals surface area (Å²) in [5.74, 6) is 2.32. The van der Waals surface area contributed by atoms with Gasteiger partial charge >= 0.3 is 6.03 Å². The Morgan fingerprint density at radius 1 is 1.30 bits per heavy atom. The topological polar surface area (TPSA) is 106 Å². The Labute approximate surface area is 156 Å². The molecule has 1 aromatic carbocycles. The van der Waals surface area contributed by atoms with E-state index in [9.17, 15) is 4.79 Å². The number of anilines is 1. The third kappa shape index (κ3) is 3.64.